The number of rotatable bonds is 3. The highest BCUT2D eigenvalue weighted by Crippen LogP contribution is 1.87. The first-order valence-electron chi connectivity index (χ1n) is 5.07. The van der Waals surface area contributed by atoms with E-state index in [0.29, 0.717) is 6.29 Å². The van der Waals surface area contributed by atoms with Crippen molar-refractivity contribution in [2.45, 2.75) is 13.8 Å². The molecule has 0 aromatic carbocycles. The van der Waals surface area contributed by atoms with Crippen LogP contribution in [0.15, 0.2) is 11.0 Å². The normalized spacial score (nSPS) is 8.06. The van der Waals surface area contributed by atoms with Crippen molar-refractivity contribution in [2.24, 2.45) is 7.05 Å². The van der Waals surface area contributed by atoms with Crippen molar-refractivity contribution in [1.29, 1.82) is 0 Å². The molecule has 1 aromatic heterocycles. The van der Waals surface area contributed by atoms with E-state index in [4.69, 9.17) is 5.11 Å². The molecular weight excluding hydrogens is 226 g/mol. The number of aromatic amines is 1. The van der Waals surface area contributed by atoms with Gasteiger partial charge in [-0.05, 0) is 0 Å². The molecular formula is C10H19N3O4. The number of aromatic nitrogens is 2. The molecule has 1 heterocycles. The number of H-pyrrole nitrogens is 1. The number of carbonyl (C=O) groups excluding carboxylic acids is 2. The number of aldehydes is 1. The Morgan fingerprint density at radius 1 is 1.53 bits per heavy atom. The zero-order chi connectivity index (χ0) is 13.8. The molecule has 0 atom stereocenters. The highest BCUT2D eigenvalue weighted by Gasteiger charge is 2.10. The maximum atomic E-state index is 11.1. The number of hydrogen-bond acceptors (Lipinski definition) is 4. The summed E-state index contributed by atoms with van der Waals surface area (Å²) in [6.07, 6.45) is 1.91. The number of nitrogens with zero attached hydrogens (tertiary/aromatic N) is 1. The standard InChI is InChI=1S/C7H9N3O3.C2H6.CH4O/c1-10-4-5(7(13)9-10)6(12)8-2-3-11;2*1-2/h3-4H,2H2,1H3,(H,8,12)(H,9,13);1-2H3;2H,1H3. The van der Waals surface area contributed by atoms with Crippen LogP contribution in [0.2, 0.25) is 0 Å². The Bertz CT molecular complexity index is 381. The number of aryl methyl sites for hydroxylation is 1. The van der Waals surface area contributed by atoms with Gasteiger partial charge in [-0.3, -0.25) is 19.4 Å². The Morgan fingerprint density at radius 2 is 2.06 bits per heavy atom. The molecule has 1 rings (SSSR count). The van der Waals surface area contributed by atoms with Crippen molar-refractivity contribution in [1.82, 2.24) is 15.1 Å². The van der Waals surface area contributed by atoms with E-state index in [9.17, 15) is 14.4 Å². The number of carbonyl (C=O) groups is 2. The summed E-state index contributed by atoms with van der Waals surface area (Å²) in [5.41, 5.74) is -0.463. The largest absolute Gasteiger partial charge is 0.400 e. The smallest absolute Gasteiger partial charge is 0.276 e. The third-order valence-corrected chi connectivity index (χ3v) is 1.44. The van der Waals surface area contributed by atoms with Crippen LogP contribution in [0.1, 0.15) is 24.2 Å². The van der Waals surface area contributed by atoms with Crippen LogP contribution in [0.4, 0.5) is 0 Å². The summed E-state index contributed by atoms with van der Waals surface area (Å²) in [5.74, 6) is -0.547. The van der Waals surface area contributed by atoms with Gasteiger partial charge in [0.05, 0.1) is 6.54 Å². The Morgan fingerprint density at radius 3 is 2.41 bits per heavy atom. The summed E-state index contributed by atoms with van der Waals surface area (Å²) in [4.78, 5) is 32.1. The molecule has 0 unspecified atom stereocenters. The summed E-state index contributed by atoms with van der Waals surface area (Å²) in [6.45, 7) is 3.91. The van der Waals surface area contributed by atoms with Crippen LogP contribution in [-0.4, -0.2) is 40.7 Å². The lowest BCUT2D eigenvalue weighted by Crippen LogP contribution is -2.28. The highest BCUT2D eigenvalue weighted by atomic mass is 16.2. The number of aliphatic hydroxyl groups is 1. The van der Waals surface area contributed by atoms with Gasteiger partial charge >= 0.3 is 0 Å². The van der Waals surface area contributed by atoms with E-state index < -0.39 is 11.5 Å². The summed E-state index contributed by atoms with van der Waals surface area (Å²) in [7, 11) is 2.60. The Hall–Kier alpha value is -1.89. The van der Waals surface area contributed by atoms with Gasteiger partial charge in [0.2, 0.25) is 0 Å². The van der Waals surface area contributed by atoms with E-state index >= 15 is 0 Å². The van der Waals surface area contributed by atoms with Gasteiger partial charge in [-0.15, -0.1) is 0 Å². The Kier molecular flexibility index (Phi) is 10.9. The molecule has 1 aromatic rings. The molecule has 7 nitrogen and oxygen atoms in total. The lowest BCUT2D eigenvalue weighted by Gasteiger charge is -1.94. The molecule has 7 heteroatoms. The summed E-state index contributed by atoms with van der Waals surface area (Å²) in [6, 6.07) is 0. The fourth-order valence-corrected chi connectivity index (χ4v) is 0.896. The van der Waals surface area contributed by atoms with Crippen molar-refractivity contribution < 1.29 is 14.7 Å². The van der Waals surface area contributed by atoms with Crippen molar-refractivity contribution in [3.63, 3.8) is 0 Å². The van der Waals surface area contributed by atoms with Crippen LogP contribution in [0.25, 0.3) is 0 Å². The minimum Gasteiger partial charge on any atom is -0.400 e. The van der Waals surface area contributed by atoms with Crippen molar-refractivity contribution in [3.05, 3.63) is 22.1 Å². The van der Waals surface area contributed by atoms with Crippen LogP contribution in [0.3, 0.4) is 0 Å². The monoisotopic (exact) mass is 245 g/mol. The van der Waals surface area contributed by atoms with E-state index in [-0.39, 0.29) is 12.1 Å². The maximum Gasteiger partial charge on any atom is 0.276 e. The van der Waals surface area contributed by atoms with E-state index in [2.05, 4.69) is 10.4 Å². The molecule has 0 saturated heterocycles. The topological polar surface area (TPSA) is 104 Å². The Labute approximate surface area is 99.4 Å². The van der Waals surface area contributed by atoms with E-state index in [1.54, 1.807) is 7.05 Å². The van der Waals surface area contributed by atoms with E-state index in [1.807, 2.05) is 13.8 Å². The van der Waals surface area contributed by atoms with Gasteiger partial charge in [0, 0.05) is 20.4 Å². The fourth-order valence-electron chi connectivity index (χ4n) is 0.896. The quantitative estimate of drug-likeness (QED) is 0.611. The van der Waals surface area contributed by atoms with Crippen LogP contribution in [0, 0.1) is 0 Å². The van der Waals surface area contributed by atoms with Crippen LogP contribution < -0.4 is 10.9 Å². The first kappa shape index (κ1) is 17.5. The number of amides is 1. The lowest BCUT2D eigenvalue weighted by atomic mass is 10.3. The molecule has 3 N–H and O–H groups in total. The molecule has 0 bridgehead atoms. The SMILES string of the molecule is CC.CO.Cn1cc(C(=O)NCC=O)c(=O)[nH]1. The molecule has 0 aliphatic heterocycles. The predicted octanol–water partition coefficient (Wildman–Crippen LogP) is -0.723. The Balaban J connectivity index is 0. The number of aliphatic hydroxyl groups excluding tert-OH is 1. The third-order valence-electron chi connectivity index (χ3n) is 1.44. The minimum absolute atomic E-state index is 0.00403. The van der Waals surface area contributed by atoms with Gasteiger partial charge in [-0.25, -0.2) is 0 Å². The van der Waals surface area contributed by atoms with Crippen LogP contribution in [-0.2, 0) is 11.8 Å². The van der Waals surface area contributed by atoms with Gasteiger partial charge in [0.1, 0.15) is 11.8 Å². The minimum atomic E-state index is -0.547. The summed E-state index contributed by atoms with van der Waals surface area (Å²) < 4.78 is 1.37. The third kappa shape index (κ3) is 6.31. The lowest BCUT2D eigenvalue weighted by molar-refractivity contribution is -0.107. The maximum absolute atomic E-state index is 11.1. The van der Waals surface area contributed by atoms with Gasteiger partial charge in [-0.2, -0.15) is 0 Å². The van der Waals surface area contributed by atoms with Gasteiger partial charge in [0.25, 0.3) is 11.5 Å². The van der Waals surface area contributed by atoms with Gasteiger partial charge in [0.15, 0.2) is 0 Å². The average Bonchev–Trinajstić information content (AvgIpc) is 2.70. The molecule has 0 aliphatic rings. The van der Waals surface area contributed by atoms with Gasteiger partial charge in [-0.1, -0.05) is 13.8 Å². The first-order chi connectivity index (χ1) is 8.15. The summed E-state index contributed by atoms with van der Waals surface area (Å²) in [5, 5.41) is 11.6. The van der Waals surface area contributed by atoms with E-state index in [1.165, 1.54) is 10.9 Å². The molecule has 0 aliphatic carbocycles. The van der Waals surface area contributed by atoms with Crippen molar-refractivity contribution in [3.8, 4) is 0 Å². The molecule has 98 valence electrons. The molecule has 17 heavy (non-hydrogen) atoms. The fraction of sp³-hybridized carbons (Fsp3) is 0.500. The number of nitrogens with one attached hydrogen (secondary N) is 2. The summed E-state index contributed by atoms with van der Waals surface area (Å²) >= 11 is 0. The van der Waals surface area contributed by atoms with Crippen LogP contribution >= 0.6 is 0 Å². The van der Waals surface area contributed by atoms with E-state index in [0.717, 1.165) is 7.11 Å². The zero-order valence-corrected chi connectivity index (χ0v) is 10.5. The average molecular weight is 245 g/mol. The molecule has 0 saturated carbocycles. The highest BCUT2D eigenvalue weighted by molar-refractivity contribution is 5.94. The molecule has 1 amide bonds. The second-order valence-corrected chi connectivity index (χ2v) is 2.47. The second-order valence-electron chi connectivity index (χ2n) is 2.47. The number of hydrogen-bond donors (Lipinski definition) is 3. The zero-order valence-electron chi connectivity index (χ0n) is 10.5. The predicted molar refractivity (Wildman–Crippen MR) is 63.9 cm³/mol. The molecule has 0 fully saturated rings. The van der Waals surface area contributed by atoms with Gasteiger partial charge < -0.3 is 15.2 Å². The van der Waals surface area contributed by atoms with Crippen LogP contribution in [0.5, 0.6) is 0 Å². The van der Waals surface area contributed by atoms with Crippen molar-refractivity contribution >= 4 is 12.2 Å². The first-order valence-corrected chi connectivity index (χ1v) is 5.07. The molecule has 0 radical (unpaired) electrons. The second kappa shape index (κ2) is 10.6. The van der Waals surface area contributed by atoms with Crippen molar-refractivity contribution in [2.75, 3.05) is 13.7 Å². The molecule has 0 spiro atoms.